The Labute approximate surface area is 158 Å². The van der Waals surface area contributed by atoms with E-state index in [-0.39, 0.29) is 23.3 Å². The number of hydrogen-bond donors (Lipinski definition) is 0. The summed E-state index contributed by atoms with van der Waals surface area (Å²) >= 11 is 0. The molecule has 0 N–H and O–H groups in total. The quantitative estimate of drug-likeness (QED) is 0.351. The van der Waals surface area contributed by atoms with Crippen molar-refractivity contribution in [1.29, 1.82) is 0 Å². The fraction of sp³-hybridized carbons (Fsp3) is 0.600. The van der Waals surface area contributed by atoms with Crippen molar-refractivity contribution in [2.45, 2.75) is 71.7 Å². The molecule has 26 heavy (non-hydrogen) atoms. The highest BCUT2D eigenvalue weighted by molar-refractivity contribution is 6.74. The van der Waals surface area contributed by atoms with Crippen LogP contribution in [0.5, 0.6) is 11.5 Å². The topological polar surface area (TPSA) is 61.8 Å². The molecule has 1 rings (SSSR count). The Kier molecular flexibility index (Phi) is 7.87. The van der Waals surface area contributed by atoms with Crippen molar-refractivity contribution in [2.24, 2.45) is 0 Å². The minimum Gasteiger partial charge on any atom is -0.541 e. The number of benzene rings is 1. The lowest BCUT2D eigenvalue weighted by molar-refractivity contribution is -0.150. The smallest absolute Gasteiger partial charge is 0.313 e. The lowest BCUT2D eigenvalue weighted by Crippen LogP contribution is -2.43. The minimum absolute atomic E-state index is 0.0968. The average Bonchev–Trinajstić information content (AvgIpc) is 2.46. The second kappa shape index (κ2) is 9.21. The number of para-hydroxylation sites is 2. The van der Waals surface area contributed by atoms with Gasteiger partial charge < -0.3 is 13.9 Å². The van der Waals surface area contributed by atoms with Crippen LogP contribution in [0.15, 0.2) is 24.3 Å². The van der Waals surface area contributed by atoms with Gasteiger partial charge in [-0.3, -0.25) is 9.59 Å². The summed E-state index contributed by atoms with van der Waals surface area (Å²) in [6.45, 7) is 14.5. The predicted octanol–water partition coefficient (Wildman–Crippen LogP) is 4.75. The molecule has 0 aliphatic carbocycles. The van der Waals surface area contributed by atoms with Gasteiger partial charge in [-0.1, -0.05) is 32.9 Å². The lowest BCUT2D eigenvalue weighted by Gasteiger charge is -2.36. The van der Waals surface area contributed by atoms with Crippen molar-refractivity contribution >= 4 is 20.1 Å². The molecule has 5 nitrogen and oxygen atoms in total. The maximum Gasteiger partial charge on any atom is 0.313 e. The second-order valence-electron chi connectivity index (χ2n) is 8.13. The summed E-state index contributed by atoms with van der Waals surface area (Å²) < 4.78 is 17.4. The predicted molar refractivity (Wildman–Crippen MR) is 105 cm³/mol. The zero-order valence-corrected chi connectivity index (χ0v) is 18.0. The van der Waals surface area contributed by atoms with Gasteiger partial charge in [-0.15, -0.1) is 0 Å². The van der Waals surface area contributed by atoms with Crippen LogP contribution in [0, 0.1) is 0 Å². The third-order valence-corrected chi connectivity index (χ3v) is 8.87. The molecule has 0 bridgehead atoms. The highest BCUT2D eigenvalue weighted by Crippen LogP contribution is 2.39. The molecular weight excluding hydrogens is 348 g/mol. The summed E-state index contributed by atoms with van der Waals surface area (Å²) in [5.74, 6) is 0.752. The highest BCUT2D eigenvalue weighted by Gasteiger charge is 2.39. The van der Waals surface area contributed by atoms with Crippen LogP contribution in [-0.4, -0.2) is 32.8 Å². The molecule has 0 heterocycles. The van der Waals surface area contributed by atoms with Crippen LogP contribution in [0.3, 0.4) is 0 Å². The maximum absolute atomic E-state index is 11.5. The number of rotatable bonds is 9. The zero-order chi connectivity index (χ0) is 20.0. The molecule has 0 radical (unpaired) electrons. The molecule has 0 aromatic heterocycles. The Morgan fingerprint density at radius 3 is 2.23 bits per heavy atom. The monoisotopic (exact) mass is 380 g/mol. The Balaban J connectivity index is 2.61. The molecule has 1 aromatic rings. The second-order valence-corrected chi connectivity index (χ2v) is 12.9. The van der Waals surface area contributed by atoms with E-state index >= 15 is 0 Å². The fourth-order valence-corrected chi connectivity index (χ4v) is 2.97. The summed E-state index contributed by atoms with van der Waals surface area (Å²) in [6, 6.07) is 7.65. The van der Waals surface area contributed by atoms with E-state index in [0.29, 0.717) is 18.8 Å². The number of carbonyl (C=O) groups excluding carboxylic acids is 2. The van der Waals surface area contributed by atoms with Crippen LogP contribution in [0.1, 0.15) is 47.5 Å². The van der Waals surface area contributed by atoms with E-state index in [2.05, 4.69) is 33.9 Å². The summed E-state index contributed by atoms with van der Waals surface area (Å²) in [5.41, 5.74) is 0. The number of Topliss-reactive ketones (excluding diaryl/α,β-unsaturated/α-hetero) is 1. The Bertz CT molecular complexity index is 619. The van der Waals surface area contributed by atoms with Crippen molar-refractivity contribution in [1.82, 2.24) is 0 Å². The first-order valence-corrected chi connectivity index (χ1v) is 11.9. The molecule has 1 atom stereocenters. The van der Waals surface area contributed by atoms with E-state index in [1.54, 1.807) is 6.92 Å². The van der Waals surface area contributed by atoms with Gasteiger partial charge in [-0.05, 0) is 44.1 Å². The molecule has 6 heteroatoms. The van der Waals surface area contributed by atoms with Crippen molar-refractivity contribution in [3.63, 3.8) is 0 Å². The summed E-state index contributed by atoms with van der Waals surface area (Å²) in [4.78, 5) is 22.4. The molecular formula is C20H32O5Si. The van der Waals surface area contributed by atoms with E-state index in [1.807, 2.05) is 24.3 Å². The van der Waals surface area contributed by atoms with Gasteiger partial charge in [0.25, 0.3) is 8.32 Å². The first-order chi connectivity index (χ1) is 11.9. The Morgan fingerprint density at radius 1 is 1.12 bits per heavy atom. The van der Waals surface area contributed by atoms with Crippen molar-refractivity contribution in [2.75, 3.05) is 6.61 Å². The average molecular weight is 381 g/mol. The molecule has 0 fully saturated rings. The first-order valence-electron chi connectivity index (χ1n) is 9.02. The van der Waals surface area contributed by atoms with E-state index in [9.17, 15) is 9.59 Å². The summed E-state index contributed by atoms with van der Waals surface area (Å²) in [5, 5.41) is 0.0968. The third kappa shape index (κ3) is 7.20. The number of esters is 1. The molecule has 1 aromatic carbocycles. The molecule has 146 valence electrons. The fourth-order valence-electron chi connectivity index (χ4n) is 1.94. The van der Waals surface area contributed by atoms with Crippen LogP contribution in [0.25, 0.3) is 0 Å². The number of ether oxygens (including phenoxy) is 2. The molecule has 0 amide bonds. The largest absolute Gasteiger partial charge is 0.541 e. The lowest BCUT2D eigenvalue weighted by atomic mass is 10.2. The van der Waals surface area contributed by atoms with E-state index in [4.69, 9.17) is 13.9 Å². The van der Waals surface area contributed by atoms with Gasteiger partial charge >= 0.3 is 5.97 Å². The van der Waals surface area contributed by atoms with Gasteiger partial charge in [0, 0.05) is 6.42 Å². The van der Waals surface area contributed by atoms with Crippen molar-refractivity contribution < 1.29 is 23.5 Å². The van der Waals surface area contributed by atoms with Crippen molar-refractivity contribution in [3.05, 3.63) is 24.3 Å². The van der Waals surface area contributed by atoms with Crippen LogP contribution in [-0.2, 0) is 14.3 Å². The van der Waals surface area contributed by atoms with Gasteiger partial charge in [-0.2, -0.15) is 0 Å². The van der Waals surface area contributed by atoms with Crippen molar-refractivity contribution in [3.8, 4) is 11.5 Å². The third-order valence-electron chi connectivity index (χ3n) is 4.53. The Morgan fingerprint density at radius 2 is 1.69 bits per heavy atom. The van der Waals surface area contributed by atoms with E-state index < -0.39 is 14.3 Å². The van der Waals surface area contributed by atoms with Crippen LogP contribution >= 0.6 is 0 Å². The SMILES string of the molecule is CC(=O)CC(=O)OC(C)CCOc1ccccc1O[Si](C)(C)C(C)(C)C. The van der Waals surface area contributed by atoms with E-state index in [1.165, 1.54) is 6.92 Å². The van der Waals surface area contributed by atoms with Crippen LogP contribution < -0.4 is 9.16 Å². The molecule has 0 spiro atoms. The van der Waals surface area contributed by atoms with Gasteiger partial charge in [0.05, 0.1) is 6.61 Å². The Hall–Kier alpha value is -1.82. The van der Waals surface area contributed by atoms with Gasteiger partial charge in [-0.25, -0.2) is 0 Å². The molecule has 0 saturated heterocycles. The molecule has 0 saturated carbocycles. The van der Waals surface area contributed by atoms with Crippen LogP contribution in [0.2, 0.25) is 18.1 Å². The molecule has 0 aliphatic heterocycles. The number of ketones is 1. The van der Waals surface area contributed by atoms with Gasteiger partial charge in [0.1, 0.15) is 24.1 Å². The minimum atomic E-state index is -1.96. The van der Waals surface area contributed by atoms with Gasteiger partial charge in [0.2, 0.25) is 0 Å². The standard InChI is InChI=1S/C20H32O5Si/c1-15(21)14-19(22)24-16(2)12-13-23-17-10-8-9-11-18(17)25-26(6,7)20(3,4)5/h8-11,16H,12-14H2,1-7H3. The number of hydrogen-bond acceptors (Lipinski definition) is 5. The number of carbonyl (C=O) groups is 2. The zero-order valence-electron chi connectivity index (χ0n) is 17.0. The normalized spacial score (nSPS) is 13.0. The van der Waals surface area contributed by atoms with Gasteiger partial charge in [0.15, 0.2) is 5.75 Å². The van der Waals surface area contributed by atoms with E-state index in [0.717, 1.165) is 5.75 Å². The first kappa shape index (κ1) is 22.2. The van der Waals surface area contributed by atoms with Crippen LogP contribution in [0.4, 0.5) is 0 Å². The molecule has 0 aliphatic rings. The summed E-state index contributed by atoms with van der Waals surface area (Å²) in [7, 11) is -1.96. The maximum atomic E-state index is 11.5. The molecule has 1 unspecified atom stereocenters. The summed E-state index contributed by atoms with van der Waals surface area (Å²) in [6.07, 6.45) is 0.0437. The highest BCUT2D eigenvalue weighted by atomic mass is 28.4.